The highest BCUT2D eigenvalue weighted by Crippen LogP contribution is 2.44. The highest BCUT2D eigenvalue weighted by Gasteiger charge is 2.42. The number of hydrogen-bond donors (Lipinski definition) is 0. The van der Waals surface area contributed by atoms with E-state index in [1.165, 1.54) is 12.1 Å². The minimum atomic E-state index is -5.25. The van der Waals surface area contributed by atoms with Crippen LogP contribution in [-0.4, -0.2) is 19.1 Å². The van der Waals surface area contributed by atoms with Gasteiger partial charge in [0.1, 0.15) is 28.8 Å². The molecule has 0 saturated heterocycles. The normalized spacial score (nSPS) is 22.0. The molecule has 0 aromatic heterocycles. The fourth-order valence-corrected chi connectivity index (χ4v) is 7.02. The van der Waals surface area contributed by atoms with Gasteiger partial charge in [0.05, 0.1) is 6.10 Å². The molecule has 3 nitrogen and oxygen atoms in total. The fraction of sp³-hybridized carbons (Fsp3) is 0.500. The zero-order valence-electron chi connectivity index (χ0n) is 26.3. The van der Waals surface area contributed by atoms with E-state index in [2.05, 4.69) is 16.4 Å². The molecule has 0 amide bonds. The second-order valence-electron chi connectivity index (χ2n) is 12.7. The lowest BCUT2D eigenvalue weighted by Gasteiger charge is -2.38. The molecule has 12 heteroatoms. The average Bonchev–Trinajstić information content (AvgIpc) is 3.01. The molecule has 3 aromatic carbocycles. The molecular formula is C36H37F9O3. The molecule has 2 saturated carbocycles. The Labute approximate surface area is 273 Å². The SMILES string of the molecule is CCCCOC1CCC(C2CCC(c3ccc(-c4cc(F)c(C(F)(F)Oc5ccc(OC(F)(F)F)c(F)c5)c(F)c4)c(F)c3)CC2)CC1. The van der Waals surface area contributed by atoms with E-state index in [0.29, 0.717) is 42.2 Å². The molecule has 48 heavy (non-hydrogen) atoms. The largest absolute Gasteiger partial charge is 0.573 e. The summed E-state index contributed by atoms with van der Waals surface area (Å²) >= 11 is 0. The van der Waals surface area contributed by atoms with Crippen molar-refractivity contribution < 1.29 is 53.7 Å². The van der Waals surface area contributed by atoms with Crippen LogP contribution in [0.1, 0.15) is 88.2 Å². The summed E-state index contributed by atoms with van der Waals surface area (Å²) in [5.74, 6) is -6.92. The number of halogens is 9. The van der Waals surface area contributed by atoms with E-state index < -0.39 is 52.8 Å². The van der Waals surface area contributed by atoms with Gasteiger partial charge in [-0.25, -0.2) is 17.6 Å². The van der Waals surface area contributed by atoms with Gasteiger partial charge in [0.15, 0.2) is 11.6 Å². The molecule has 0 bridgehead atoms. The Bertz CT molecular complexity index is 1520. The van der Waals surface area contributed by atoms with Crippen LogP contribution >= 0.6 is 0 Å². The third kappa shape index (κ3) is 8.78. The molecule has 0 unspecified atom stereocenters. The Kier molecular flexibility index (Phi) is 11.2. The van der Waals surface area contributed by atoms with Crippen LogP contribution in [0.2, 0.25) is 0 Å². The molecule has 0 spiro atoms. The predicted molar refractivity (Wildman–Crippen MR) is 161 cm³/mol. The first-order valence-corrected chi connectivity index (χ1v) is 16.3. The van der Waals surface area contributed by atoms with Crippen molar-refractivity contribution in [3.05, 3.63) is 82.9 Å². The summed E-state index contributed by atoms with van der Waals surface area (Å²) in [6.45, 7) is 2.97. The molecule has 2 aliphatic rings. The van der Waals surface area contributed by atoms with Gasteiger partial charge in [-0.15, -0.1) is 13.2 Å². The first kappa shape index (κ1) is 35.9. The minimum Gasteiger partial charge on any atom is -0.429 e. The van der Waals surface area contributed by atoms with Crippen LogP contribution in [0.5, 0.6) is 11.5 Å². The summed E-state index contributed by atoms with van der Waals surface area (Å²) in [7, 11) is 0. The molecule has 0 aliphatic heterocycles. The van der Waals surface area contributed by atoms with Crippen molar-refractivity contribution in [1.29, 1.82) is 0 Å². The molecule has 2 fully saturated rings. The maximum atomic E-state index is 15.3. The Morgan fingerprint density at radius 2 is 1.29 bits per heavy atom. The van der Waals surface area contributed by atoms with Gasteiger partial charge < -0.3 is 14.2 Å². The van der Waals surface area contributed by atoms with Gasteiger partial charge in [-0.2, -0.15) is 8.78 Å². The van der Waals surface area contributed by atoms with E-state index >= 15 is 4.39 Å². The van der Waals surface area contributed by atoms with Crippen LogP contribution in [0.4, 0.5) is 39.5 Å². The summed E-state index contributed by atoms with van der Waals surface area (Å²) < 4.78 is 140. The number of ether oxygens (including phenoxy) is 3. The smallest absolute Gasteiger partial charge is 0.429 e. The van der Waals surface area contributed by atoms with Crippen molar-refractivity contribution >= 4 is 0 Å². The highest BCUT2D eigenvalue weighted by molar-refractivity contribution is 5.65. The van der Waals surface area contributed by atoms with Crippen molar-refractivity contribution in [1.82, 2.24) is 0 Å². The van der Waals surface area contributed by atoms with Gasteiger partial charge in [-0.3, -0.25) is 0 Å². The highest BCUT2D eigenvalue weighted by atomic mass is 19.4. The standard InChI is InChI=1S/C36H37F9O3/c1-2-3-16-46-26-11-8-22(9-12-26)21-4-6-23(7-5-21)24-10-14-28(29(37)17-24)25-18-31(39)34(32(40)19-25)35(41,42)47-27-13-15-33(30(38)20-27)48-36(43,44)45/h10,13-15,17-23,26H,2-9,11-12,16H2,1H3. The Balaban J connectivity index is 1.21. The maximum absolute atomic E-state index is 15.3. The van der Waals surface area contributed by atoms with Gasteiger partial charge in [0.25, 0.3) is 0 Å². The lowest BCUT2D eigenvalue weighted by molar-refractivity contribution is -0.275. The molecule has 0 heterocycles. The fourth-order valence-electron chi connectivity index (χ4n) is 7.02. The lowest BCUT2D eigenvalue weighted by atomic mass is 9.69. The predicted octanol–water partition coefficient (Wildman–Crippen LogP) is 11.6. The van der Waals surface area contributed by atoms with E-state index in [1.54, 1.807) is 6.07 Å². The first-order valence-electron chi connectivity index (χ1n) is 16.3. The Morgan fingerprint density at radius 3 is 1.85 bits per heavy atom. The van der Waals surface area contributed by atoms with Gasteiger partial charge in [-0.1, -0.05) is 25.5 Å². The summed E-state index contributed by atoms with van der Waals surface area (Å²) in [5.41, 5.74) is -1.60. The summed E-state index contributed by atoms with van der Waals surface area (Å²) in [6.07, 6.45) is 0.953. The van der Waals surface area contributed by atoms with E-state index in [-0.39, 0.29) is 23.1 Å². The van der Waals surface area contributed by atoms with Crippen molar-refractivity contribution in [2.75, 3.05) is 6.61 Å². The van der Waals surface area contributed by atoms with Crippen LogP contribution in [0, 0.1) is 35.1 Å². The van der Waals surface area contributed by atoms with Gasteiger partial charge in [0, 0.05) is 18.2 Å². The van der Waals surface area contributed by atoms with Crippen molar-refractivity contribution in [2.24, 2.45) is 11.8 Å². The molecule has 5 rings (SSSR count). The first-order chi connectivity index (χ1) is 22.7. The summed E-state index contributed by atoms with van der Waals surface area (Å²) in [5, 5.41) is 0. The Morgan fingerprint density at radius 1 is 0.667 bits per heavy atom. The van der Waals surface area contributed by atoms with E-state index in [9.17, 15) is 35.1 Å². The van der Waals surface area contributed by atoms with Crippen molar-refractivity contribution in [3.63, 3.8) is 0 Å². The quantitative estimate of drug-likeness (QED) is 0.148. The minimum absolute atomic E-state index is 0.129. The van der Waals surface area contributed by atoms with Gasteiger partial charge in [-0.05, 0) is 117 Å². The van der Waals surface area contributed by atoms with E-state index in [1.807, 2.05) is 0 Å². The molecule has 0 atom stereocenters. The number of benzene rings is 3. The van der Waals surface area contributed by atoms with Crippen LogP contribution in [-0.2, 0) is 10.8 Å². The number of unbranched alkanes of at least 4 members (excludes halogenated alkanes) is 1. The molecule has 2 aliphatic carbocycles. The number of hydrogen-bond acceptors (Lipinski definition) is 3. The summed E-state index contributed by atoms with van der Waals surface area (Å²) in [6, 6.07) is 6.48. The van der Waals surface area contributed by atoms with Crippen molar-refractivity contribution in [2.45, 2.75) is 95.6 Å². The van der Waals surface area contributed by atoms with Crippen LogP contribution < -0.4 is 9.47 Å². The average molecular weight is 689 g/mol. The molecule has 3 aromatic rings. The molecule has 262 valence electrons. The molecular weight excluding hydrogens is 651 g/mol. The van der Waals surface area contributed by atoms with Crippen LogP contribution in [0.3, 0.4) is 0 Å². The second kappa shape index (κ2) is 15.0. The van der Waals surface area contributed by atoms with Crippen LogP contribution in [0.15, 0.2) is 48.5 Å². The maximum Gasteiger partial charge on any atom is 0.573 e. The van der Waals surface area contributed by atoms with E-state index in [0.717, 1.165) is 76.4 Å². The zero-order valence-corrected chi connectivity index (χ0v) is 26.3. The lowest BCUT2D eigenvalue weighted by Crippen LogP contribution is -2.28. The number of alkyl halides is 5. The van der Waals surface area contributed by atoms with Gasteiger partial charge in [0.2, 0.25) is 0 Å². The van der Waals surface area contributed by atoms with Crippen LogP contribution in [0.25, 0.3) is 11.1 Å². The third-order valence-electron chi connectivity index (χ3n) is 9.49. The molecule has 0 N–H and O–H groups in total. The Hall–Kier alpha value is -3.41. The van der Waals surface area contributed by atoms with E-state index in [4.69, 9.17) is 4.74 Å². The zero-order chi connectivity index (χ0) is 34.6. The number of rotatable bonds is 11. The third-order valence-corrected chi connectivity index (χ3v) is 9.49. The van der Waals surface area contributed by atoms with Crippen molar-refractivity contribution in [3.8, 4) is 22.6 Å². The topological polar surface area (TPSA) is 27.7 Å². The monoisotopic (exact) mass is 688 g/mol. The second-order valence-corrected chi connectivity index (χ2v) is 12.7. The molecule has 0 radical (unpaired) electrons. The summed E-state index contributed by atoms with van der Waals surface area (Å²) in [4.78, 5) is 0. The van der Waals surface area contributed by atoms with Gasteiger partial charge >= 0.3 is 12.5 Å².